The lowest BCUT2D eigenvalue weighted by molar-refractivity contribution is -0.0303. The largest absolute Gasteiger partial charge is 0.371 e. The van der Waals surface area contributed by atoms with Crippen LogP contribution in [0, 0.1) is 0 Å². The highest BCUT2D eigenvalue weighted by Crippen LogP contribution is 2.37. The fourth-order valence-corrected chi connectivity index (χ4v) is 5.35. The van der Waals surface area contributed by atoms with E-state index in [1.54, 1.807) is 23.4 Å². The SMILES string of the molecule is O=C(c1ccc2c(c1)CN(c1cccc(-c3nncn3C3CC3)n1)C2=O)N1CC2CCC(C1)O2. The predicted molar refractivity (Wildman–Crippen MR) is 122 cm³/mol. The number of benzene rings is 1. The highest BCUT2D eigenvalue weighted by Gasteiger charge is 2.37. The Morgan fingerprint density at radius 3 is 2.65 bits per heavy atom. The molecule has 2 amide bonds. The van der Waals surface area contributed by atoms with E-state index in [1.165, 1.54) is 0 Å². The van der Waals surface area contributed by atoms with Crippen molar-refractivity contribution < 1.29 is 14.3 Å². The van der Waals surface area contributed by atoms with Crippen LogP contribution in [0.15, 0.2) is 42.7 Å². The maximum Gasteiger partial charge on any atom is 0.260 e. The van der Waals surface area contributed by atoms with Gasteiger partial charge in [-0.25, -0.2) is 4.98 Å². The minimum Gasteiger partial charge on any atom is -0.371 e. The van der Waals surface area contributed by atoms with Crippen LogP contribution in [0.4, 0.5) is 5.82 Å². The number of amides is 2. The third kappa shape index (κ3) is 3.22. The summed E-state index contributed by atoms with van der Waals surface area (Å²) in [5, 5.41) is 8.32. The second kappa shape index (κ2) is 7.46. The van der Waals surface area contributed by atoms with Crippen molar-refractivity contribution in [2.75, 3.05) is 18.0 Å². The molecule has 0 spiro atoms. The first-order valence-corrected chi connectivity index (χ1v) is 11.9. The lowest BCUT2D eigenvalue weighted by Crippen LogP contribution is -2.45. The summed E-state index contributed by atoms with van der Waals surface area (Å²) in [5.74, 6) is 1.20. The second-order valence-electron chi connectivity index (χ2n) is 9.60. The quantitative estimate of drug-likeness (QED) is 0.599. The van der Waals surface area contributed by atoms with Gasteiger partial charge in [-0.05, 0) is 61.6 Å². The smallest absolute Gasteiger partial charge is 0.260 e. The zero-order chi connectivity index (χ0) is 22.8. The first kappa shape index (κ1) is 19.8. The van der Waals surface area contributed by atoms with E-state index in [4.69, 9.17) is 9.72 Å². The zero-order valence-electron chi connectivity index (χ0n) is 18.6. The Bertz CT molecular complexity index is 1300. The third-order valence-corrected chi connectivity index (χ3v) is 7.24. The summed E-state index contributed by atoms with van der Waals surface area (Å²) < 4.78 is 7.92. The molecule has 172 valence electrons. The molecule has 1 aromatic carbocycles. The summed E-state index contributed by atoms with van der Waals surface area (Å²) in [6, 6.07) is 11.5. The fourth-order valence-electron chi connectivity index (χ4n) is 5.35. The maximum atomic E-state index is 13.2. The average Bonchev–Trinajstić information content (AvgIpc) is 3.35. The van der Waals surface area contributed by atoms with Gasteiger partial charge in [-0.2, -0.15) is 0 Å². The predicted octanol–water partition coefficient (Wildman–Crippen LogP) is 2.84. The van der Waals surface area contributed by atoms with Crippen LogP contribution in [0.1, 0.15) is 58.0 Å². The van der Waals surface area contributed by atoms with Gasteiger partial charge in [0.15, 0.2) is 5.82 Å². The van der Waals surface area contributed by atoms with Crippen molar-refractivity contribution in [3.05, 3.63) is 59.4 Å². The van der Waals surface area contributed by atoms with E-state index in [0.29, 0.717) is 48.3 Å². The summed E-state index contributed by atoms with van der Waals surface area (Å²) >= 11 is 0. The van der Waals surface area contributed by atoms with Crippen molar-refractivity contribution in [3.63, 3.8) is 0 Å². The fraction of sp³-hybridized carbons (Fsp3) is 0.400. The van der Waals surface area contributed by atoms with Crippen LogP contribution in [0.25, 0.3) is 11.5 Å². The molecule has 2 saturated heterocycles. The number of ether oxygens (including phenoxy) is 1. The number of hydrogen-bond acceptors (Lipinski definition) is 6. The minimum absolute atomic E-state index is 0.00781. The first-order valence-electron chi connectivity index (χ1n) is 11.9. The molecule has 3 aliphatic heterocycles. The number of fused-ring (bicyclic) bond motifs is 3. The van der Waals surface area contributed by atoms with Crippen molar-refractivity contribution in [2.24, 2.45) is 0 Å². The molecule has 7 rings (SSSR count). The summed E-state index contributed by atoms with van der Waals surface area (Å²) in [6.45, 7) is 1.66. The number of hydrogen-bond donors (Lipinski definition) is 0. The van der Waals surface area contributed by atoms with Gasteiger partial charge in [-0.15, -0.1) is 10.2 Å². The van der Waals surface area contributed by atoms with Gasteiger partial charge in [0.1, 0.15) is 17.8 Å². The maximum absolute atomic E-state index is 13.2. The van der Waals surface area contributed by atoms with E-state index in [1.807, 2.05) is 29.2 Å². The van der Waals surface area contributed by atoms with Crippen LogP contribution < -0.4 is 4.90 Å². The van der Waals surface area contributed by atoms with Crippen molar-refractivity contribution >= 4 is 17.6 Å². The molecule has 3 aromatic rings. The number of morpholine rings is 1. The van der Waals surface area contributed by atoms with Gasteiger partial charge in [-0.1, -0.05) is 6.07 Å². The molecule has 2 aromatic heterocycles. The highest BCUT2D eigenvalue weighted by atomic mass is 16.5. The van der Waals surface area contributed by atoms with E-state index in [9.17, 15) is 9.59 Å². The normalized spacial score (nSPS) is 23.5. The van der Waals surface area contributed by atoms with Crippen molar-refractivity contribution in [1.82, 2.24) is 24.6 Å². The number of carbonyl (C=O) groups is 2. The monoisotopic (exact) mass is 456 g/mol. The Labute approximate surface area is 196 Å². The molecule has 3 fully saturated rings. The van der Waals surface area contributed by atoms with Crippen molar-refractivity contribution in [3.8, 4) is 11.5 Å². The van der Waals surface area contributed by atoms with Gasteiger partial charge in [-0.3, -0.25) is 14.5 Å². The van der Waals surface area contributed by atoms with Crippen LogP contribution in [0.3, 0.4) is 0 Å². The summed E-state index contributed by atoms with van der Waals surface area (Å²) in [6.07, 6.45) is 6.33. The van der Waals surface area contributed by atoms with Crippen molar-refractivity contribution in [2.45, 2.75) is 50.5 Å². The molecule has 34 heavy (non-hydrogen) atoms. The van der Waals surface area contributed by atoms with Gasteiger partial charge in [0.05, 0.1) is 18.8 Å². The Hall–Kier alpha value is -3.59. The molecular formula is C25H24N6O3. The lowest BCUT2D eigenvalue weighted by atomic mass is 10.0. The van der Waals surface area contributed by atoms with Crippen LogP contribution in [-0.2, 0) is 11.3 Å². The molecule has 0 N–H and O–H groups in total. The van der Waals surface area contributed by atoms with E-state index < -0.39 is 0 Å². The number of aromatic nitrogens is 4. The number of nitrogens with zero attached hydrogens (tertiary/aromatic N) is 6. The summed E-state index contributed by atoms with van der Waals surface area (Å²) in [7, 11) is 0. The van der Waals surface area contributed by atoms with Gasteiger partial charge in [0.25, 0.3) is 11.8 Å². The van der Waals surface area contributed by atoms with Gasteiger partial charge >= 0.3 is 0 Å². The summed E-state index contributed by atoms with van der Waals surface area (Å²) in [4.78, 5) is 34.7. The Morgan fingerprint density at radius 2 is 1.85 bits per heavy atom. The topological polar surface area (TPSA) is 93.5 Å². The third-order valence-electron chi connectivity index (χ3n) is 7.24. The Morgan fingerprint density at radius 1 is 1.03 bits per heavy atom. The molecule has 1 aliphatic carbocycles. The molecule has 9 heteroatoms. The number of likely N-dealkylation sites (tertiary alicyclic amines) is 1. The van der Waals surface area contributed by atoms with Gasteiger partial charge < -0.3 is 14.2 Å². The number of carbonyl (C=O) groups excluding carboxylic acids is 2. The molecule has 2 unspecified atom stereocenters. The molecule has 4 aliphatic rings. The Balaban J connectivity index is 1.14. The zero-order valence-corrected chi connectivity index (χ0v) is 18.6. The van der Waals surface area contributed by atoms with E-state index in [2.05, 4.69) is 14.8 Å². The first-order chi connectivity index (χ1) is 16.6. The number of rotatable bonds is 4. The highest BCUT2D eigenvalue weighted by molar-refractivity contribution is 6.10. The lowest BCUT2D eigenvalue weighted by Gasteiger charge is -2.32. The van der Waals surface area contributed by atoms with Gasteiger partial charge in [0, 0.05) is 30.3 Å². The molecule has 2 bridgehead atoms. The van der Waals surface area contributed by atoms with Crippen LogP contribution in [-0.4, -0.2) is 61.8 Å². The summed E-state index contributed by atoms with van der Waals surface area (Å²) in [5.41, 5.74) is 2.78. The number of anilines is 1. The van der Waals surface area contributed by atoms with Crippen molar-refractivity contribution in [1.29, 1.82) is 0 Å². The average molecular weight is 457 g/mol. The second-order valence-corrected chi connectivity index (χ2v) is 9.60. The molecular weight excluding hydrogens is 432 g/mol. The van der Waals surface area contributed by atoms with E-state index >= 15 is 0 Å². The van der Waals surface area contributed by atoms with E-state index in [-0.39, 0.29) is 24.0 Å². The van der Waals surface area contributed by atoms with Gasteiger partial charge in [0.2, 0.25) is 0 Å². The number of pyridine rings is 1. The van der Waals surface area contributed by atoms with Crippen LogP contribution in [0.2, 0.25) is 0 Å². The van der Waals surface area contributed by atoms with Crippen LogP contribution >= 0.6 is 0 Å². The molecule has 5 heterocycles. The minimum atomic E-state index is -0.105. The molecule has 1 saturated carbocycles. The van der Waals surface area contributed by atoms with E-state index in [0.717, 1.165) is 37.1 Å². The molecule has 2 atom stereocenters. The Kier molecular flexibility index (Phi) is 4.35. The molecule has 9 nitrogen and oxygen atoms in total. The molecule has 0 radical (unpaired) electrons. The standard InChI is InChI=1S/C25H24N6O3/c32-24(29-12-18-7-8-19(13-29)34-18)15-4-9-20-16(10-15)11-30(25(20)33)22-3-1-2-21(27-22)23-28-26-14-31(23)17-5-6-17/h1-4,9-10,14,17-19H,5-8,11-13H2. The van der Waals surface area contributed by atoms with Crippen LogP contribution in [0.5, 0.6) is 0 Å².